The molecule has 0 heterocycles. The van der Waals surface area contributed by atoms with Gasteiger partial charge in [-0.05, 0) is 5.56 Å². The van der Waals surface area contributed by atoms with E-state index in [1.165, 1.54) is 6.92 Å². The van der Waals surface area contributed by atoms with Crippen LogP contribution in [0.2, 0.25) is 0 Å². The molecule has 5 heteroatoms. The average Bonchev–Trinajstić information content (AvgIpc) is 2.17. The summed E-state index contributed by atoms with van der Waals surface area (Å²) in [4.78, 5) is 32.8. The number of hydrogen-bond acceptors (Lipinski definition) is 3. The predicted octanol–water partition coefficient (Wildman–Crippen LogP) is 0.601. The molecule has 0 atom stereocenters. The van der Waals surface area contributed by atoms with Gasteiger partial charge in [-0.2, -0.15) is 0 Å². The Kier molecular flexibility index (Phi) is 4.20. The van der Waals surface area contributed by atoms with Crippen LogP contribution in [0.15, 0.2) is 30.3 Å². The van der Waals surface area contributed by atoms with E-state index in [0.717, 1.165) is 5.56 Å². The average molecular weight is 220 g/mol. The van der Waals surface area contributed by atoms with Gasteiger partial charge in [0.05, 0.1) is 6.42 Å². The first-order valence-electron chi connectivity index (χ1n) is 4.73. The third kappa shape index (κ3) is 4.36. The second kappa shape index (κ2) is 5.65. The Morgan fingerprint density at radius 2 is 1.69 bits per heavy atom. The second-order valence-electron chi connectivity index (χ2n) is 3.22. The highest BCUT2D eigenvalue weighted by Gasteiger charge is 2.08. The SMILES string of the molecule is CC(=O)NC(=O)NC(=O)Cc1ccccc1. The summed E-state index contributed by atoms with van der Waals surface area (Å²) in [6.45, 7) is 1.20. The van der Waals surface area contributed by atoms with E-state index in [0.29, 0.717) is 0 Å². The number of rotatable bonds is 2. The van der Waals surface area contributed by atoms with Crippen molar-refractivity contribution >= 4 is 17.8 Å². The molecular weight excluding hydrogens is 208 g/mol. The van der Waals surface area contributed by atoms with Gasteiger partial charge in [0.2, 0.25) is 11.8 Å². The maximum Gasteiger partial charge on any atom is 0.328 e. The molecule has 1 aromatic carbocycles. The quantitative estimate of drug-likeness (QED) is 0.766. The summed E-state index contributed by atoms with van der Waals surface area (Å²) in [5, 5.41) is 4.00. The second-order valence-corrected chi connectivity index (χ2v) is 3.22. The molecule has 0 unspecified atom stereocenters. The van der Waals surface area contributed by atoms with Crippen LogP contribution in [0.5, 0.6) is 0 Å². The molecule has 16 heavy (non-hydrogen) atoms. The van der Waals surface area contributed by atoms with Gasteiger partial charge in [-0.15, -0.1) is 0 Å². The molecule has 0 fully saturated rings. The molecule has 0 aromatic heterocycles. The fourth-order valence-corrected chi connectivity index (χ4v) is 1.14. The van der Waals surface area contributed by atoms with E-state index < -0.39 is 17.8 Å². The number of imide groups is 2. The van der Waals surface area contributed by atoms with Gasteiger partial charge >= 0.3 is 6.03 Å². The lowest BCUT2D eigenvalue weighted by Gasteiger charge is -2.03. The molecular formula is C11H12N2O3. The zero-order valence-electron chi connectivity index (χ0n) is 8.82. The number of nitrogens with one attached hydrogen (secondary N) is 2. The highest BCUT2D eigenvalue weighted by molar-refractivity contribution is 6.01. The van der Waals surface area contributed by atoms with Gasteiger partial charge in [-0.3, -0.25) is 20.2 Å². The van der Waals surface area contributed by atoms with Crippen LogP contribution in [0.3, 0.4) is 0 Å². The van der Waals surface area contributed by atoms with Crippen molar-refractivity contribution in [2.24, 2.45) is 0 Å². The Morgan fingerprint density at radius 3 is 2.25 bits per heavy atom. The van der Waals surface area contributed by atoms with Gasteiger partial charge in [0.15, 0.2) is 0 Å². The van der Waals surface area contributed by atoms with Crippen LogP contribution >= 0.6 is 0 Å². The molecule has 0 aliphatic carbocycles. The minimum Gasteiger partial charge on any atom is -0.278 e. The smallest absolute Gasteiger partial charge is 0.278 e. The summed E-state index contributed by atoms with van der Waals surface area (Å²) in [6.07, 6.45) is 0.103. The summed E-state index contributed by atoms with van der Waals surface area (Å²) in [5.74, 6) is -0.963. The highest BCUT2D eigenvalue weighted by Crippen LogP contribution is 1.98. The van der Waals surface area contributed by atoms with E-state index in [2.05, 4.69) is 0 Å². The lowest BCUT2D eigenvalue weighted by atomic mass is 10.1. The monoisotopic (exact) mass is 220 g/mol. The lowest BCUT2D eigenvalue weighted by molar-refractivity contribution is -0.119. The Balaban J connectivity index is 2.42. The Hall–Kier alpha value is -2.17. The number of hydrogen-bond donors (Lipinski definition) is 2. The molecule has 0 aliphatic heterocycles. The summed E-state index contributed by atoms with van der Waals surface area (Å²) in [5.41, 5.74) is 0.802. The third-order valence-electron chi connectivity index (χ3n) is 1.75. The molecule has 4 amide bonds. The topological polar surface area (TPSA) is 75.3 Å². The fraction of sp³-hybridized carbons (Fsp3) is 0.182. The van der Waals surface area contributed by atoms with Crippen molar-refractivity contribution in [3.63, 3.8) is 0 Å². The number of urea groups is 1. The first-order valence-corrected chi connectivity index (χ1v) is 4.73. The predicted molar refractivity (Wildman–Crippen MR) is 57.5 cm³/mol. The van der Waals surface area contributed by atoms with Crippen molar-refractivity contribution in [2.45, 2.75) is 13.3 Å². The Bertz CT molecular complexity index is 401. The summed E-state index contributed by atoms with van der Waals surface area (Å²) in [7, 11) is 0. The van der Waals surface area contributed by atoms with Crippen molar-refractivity contribution in [2.75, 3.05) is 0 Å². The summed E-state index contributed by atoms with van der Waals surface area (Å²) < 4.78 is 0. The van der Waals surface area contributed by atoms with Crippen molar-refractivity contribution < 1.29 is 14.4 Å². The fourth-order valence-electron chi connectivity index (χ4n) is 1.14. The van der Waals surface area contributed by atoms with Crippen LogP contribution in [0, 0.1) is 0 Å². The van der Waals surface area contributed by atoms with Crippen molar-refractivity contribution in [1.82, 2.24) is 10.6 Å². The van der Waals surface area contributed by atoms with E-state index in [4.69, 9.17) is 0 Å². The van der Waals surface area contributed by atoms with Crippen LogP contribution in [0.4, 0.5) is 4.79 Å². The highest BCUT2D eigenvalue weighted by atomic mass is 16.2. The van der Waals surface area contributed by atoms with Crippen LogP contribution in [0.25, 0.3) is 0 Å². The van der Waals surface area contributed by atoms with Crippen LogP contribution < -0.4 is 10.6 Å². The van der Waals surface area contributed by atoms with E-state index in [1.54, 1.807) is 24.3 Å². The molecule has 0 spiro atoms. The minimum absolute atomic E-state index is 0.103. The first-order chi connectivity index (χ1) is 7.58. The number of carbonyl (C=O) groups excluding carboxylic acids is 3. The summed E-state index contributed by atoms with van der Waals surface area (Å²) >= 11 is 0. The van der Waals surface area contributed by atoms with E-state index in [1.807, 2.05) is 16.7 Å². The van der Waals surface area contributed by atoms with Crippen LogP contribution in [-0.4, -0.2) is 17.8 Å². The molecule has 2 N–H and O–H groups in total. The molecule has 0 saturated carbocycles. The molecule has 5 nitrogen and oxygen atoms in total. The Labute approximate surface area is 92.8 Å². The van der Waals surface area contributed by atoms with Gasteiger partial charge in [-0.1, -0.05) is 30.3 Å². The lowest BCUT2D eigenvalue weighted by Crippen LogP contribution is -2.42. The Morgan fingerprint density at radius 1 is 1.06 bits per heavy atom. The normalized spacial score (nSPS) is 9.31. The molecule has 0 bridgehead atoms. The molecule has 0 aliphatic rings. The maximum atomic E-state index is 11.3. The first kappa shape index (κ1) is 11.9. The zero-order chi connectivity index (χ0) is 12.0. The van der Waals surface area contributed by atoms with E-state index in [9.17, 15) is 14.4 Å². The molecule has 84 valence electrons. The minimum atomic E-state index is -0.798. The largest absolute Gasteiger partial charge is 0.328 e. The van der Waals surface area contributed by atoms with E-state index in [-0.39, 0.29) is 6.42 Å². The third-order valence-corrected chi connectivity index (χ3v) is 1.75. The van der Waals surface area contributed by atoms with Gasteiger partial charge in [0.1, 0.15) is 0 Å². The molecule has 0 radical (unpaired) electrons. The number of benzene rings is 1. The van der Waals surface area contributed by atoms with Gasteiger partial charge < -0.3 is 0 Å². The van der Waals surface area contributed by atoms with Crippen molar-refractivity contribution in [1.29, 1.82) is 0 Å². The number of carbonyl (C=O) groups is 3. The van der Waals surface area contributed by atoms with Gasteiger partial charge in [-0.25, -0.2) is 4.79 Å². The molecule has 0 saturated heterocycles. The van der Waals surface area contributed by atoms with Gasteiger partial charge in [0, 0.05) is 6.92 Å². The van der Waals surface area contributed by atoms with Crippen molar-refractivity contribution in [3.8, 4) is 0 Å². The van der Waals surface area contributed by atoms with Crippen LogP contribution in [0.1, 0.15) is 12.5 Å². The molecule has 1 rings (SSSR count). The van der Waals surface area contributed by atoms with E-state index >= 15 is 0 Å². The standard InChI is InChI=1S/C11H12N2O3/c1-8(14)12-11(16)13-10(15)7-9-5-3-2-4-6-9/h2-6H,7H2,1H3,(H2,12,13,14,15,16). The number of amides is 4. The molecule has 1 aromatic rings. The zero-order valence-corrected chi connectivity index (χ0v) is 8.82. The van der Waals surface area contributed by atoms with Crippen molar-refractivity contribution in [3.05, 3.63) is 35.9 Å². The van der Waals surface area contributed by atoms with Gasteiger partial charge in [0.25, 0.3) is 0 Å². The maximum absolute atomic E-state index is 11.3. The van der Waals surface area contributed by atoms with Crippen LogP contribution in [-0.2, 0) is 16.0 Å². The summed E-state index contributed by atoms with van der Waals surface area (Å²) in [6, 6.07) is 8.21.